The van der Waals surface area contributed by atoms with Crippen molar-refractivity contribution in [3.8, 4) is 0 Å². The van der Waals surface area contributed by atoms with E-state index in [2.05, 4.69) is 26.6 Å². The molecule has 110 valence electrons. The predicted octanol–water partition coefficient (Wildman–Crippen LogP) is 4.25. The largest absolute Gasteiger partial charge is 0.379 e. The van der Waals surface area contributed by atoms with Gasteiger partial charge in [-0.1, -0.05) is 6.07 Å². The molecule has 0 spiro atoms. The van der Waals surface area contributed by atoms with Gasteiger partial charge in [0.25, 0.3) is 0 Å². The average molecular weight is 352 g/mol. The van der Waals surface area contributed by atoms with Crippen LogP contribution in [0.5, 0.6) is 0 Å². The zero-order valence-electron chi connectivity index (χ0n) is 11.4. The molecule has 0 radical (unpaired) electrons. The number of nitrogens with one attached hydrogen (secondary N) is 2. The van der Waals surface area contributed by atoms with E-state index in [1.54, 1.807) is 24.3 Å². The second-order valence-electron chi connectivity index (χ2n) is 4.61. The van der Waals surface area contributed by atoms with E-state index in [0.29, 0.717) is 10.2 Å². The van der Waals surface area contributed by atoms with Crippen LogP contribution in [0.25, 0.3) is 0 Å². The number of urea groups is 1. The maximum absolute atomic E-state index is 13.2. The summed E-state index contributed by atoms with van der Waals surface area (Å²) in [5.41, 5.74) is 7.52. The fourth-order valence-electron chi connectivity index (χ4n) is 1.91. The van der Waals surface area contributed by atoms with E-state index in [-0.39, 0.29) is 11.9 Å². The molecule has 21 heavy (non-hydrogen) atoms. The van der Waals surface area contributed by atoms with Crippen molar-refractivity contribution < 1.29 is 9.18 Å². The van der Waals surface area contributed by atoms with Gasteiger partial charge in [-0.05, 0) is 64.8 Å². The summed E-state index contributed by atoms with van der Waals surface area (Å²) in [5, 5.41) is 5.79. The fraction of sp³-hybridized carbons (Fsp3) is 0.133. The van der Waals surface area contributed by atoms with Crippen molar-refractivity contribution in [2.24, 2.45) is 5.73 Å². The predicted molar refractivity (Wildman–Crippen MR) is 85.8 cm³/mol. The molecule has 0 aliphatic heterocycles. The normalized spacial score (nSPS) is 11.8. The summed E-state index contributed by atoms with van der Waals surface area (Å²) in [4.78, 5) is 10.7. The first-order chi connectivity index (χ1) is 9.95. The highest BCUT2D eigenvalue weighted by molar-refractivity contribution is 9.10. The average Bonchev–Trinajstić information content (AvgIpc) is 2.43. The van der Waals surface area contributed by atoms with Gasteiger partial charge >= 0.3 is 6.03 Å². The highest BCUT2D eigenvalue weighted by atomic mass is 79.9. The Morgan fingerprint density at radius 2 is 1.81 bits per heavy atom. The summed E-state index contributed by atoms with van der Waals surface area (Å²) in [5.74, 6) is -0.284. The van der Waals surface area contributed by atoms with Crippen LogP contribution in [-0.2, 0) is 0 Å². The molecule has 6 heteroatoms. The Morgan fingerprint density at radius 3 is 2.38 bits per heavy atom. The summed E-state index contributed by atoms with van der Waals surface area (Å²) < 4.78 is 13.7. The minimum atomic E-state index is -0.597. The van der Waals surface area contributed by atoms with Crippen molar-refractivity contribution >= 4 is 33.3 Å². The quantitative estimate of drug-likeness (QED) is 0.770. The van der Waals surface area contributed by atoms with Gasteiger partial charge < -0.3 is 16.4 Å². The Labute approximate surface area is 130 Å². The van der Waals surface area contributed by atoms with Crippen LogP contribution in [-0.4, -0.2) is 6.03 Å². The number of carbonyl (C=O) groups is 1. The second-order valence-corrected chi connectivity index (χ2v) is 5.46. The Hall–Kier alpha value is -2.08. The third-order valence-corrected chi connectivity index (χ3v) is 3.59. The van der Waals surface area contributed by atoms with E-state index in [1.165, 1.54) is 6.07 Å². The zero-order valence-corrected chi connectivity index (χ0v) is 12.9. The first-order valence-electron chi connectivity index (χ1n) is 6.33. The summed E-state index contributed by atoms with van der Waals surface area (Å²) in [6.07, 6.45) is 0. The van der Waals surface area contributed by atoms with Crippen molar-refractivity contribution in [1.82, 2.24) is 0 Å². The van der Waals surface area contributed by atoms with Crippen molar-refractivity contribution in [1.29, 1.82) is 0 Å². The van der Waals surface area contributed by atoms with E-state index in [4.69, 9.17) is 5.73 Å². The lowest BCUT2D eigenvalue weighted by Gasteiger charge is -2.16. The first kappa shape index (κ1) is 15.3. The van der Waals surface area contributed by atoms with Gasteiger partial charge in [-0.2, -0.15) is 0 Å². The van der Waals surface area contributed by atoms with Crippen LogP contribution in [0.1, 0.15) is 18.5 Å². The number of rotatable bonds is 4. The van der Waals surface area contributed by atoms with Crippen molar-refractivity contribution in [3.05, 3.63) is 58.3 Å². The molecule has 0 bridgehead atoms. The molecule has 4 N–H and O–H groups in total. The van der Waals surface area contributed by atoms with Gasteiger partial charge in [-0.3, -0.25) is 0 Å². The number of hydrogen-bond donors (Lipinski definition) is 3. The molecule has 0 aliphatic rings. The number of anilines is 2. The number of amides is 2. The van der Waals surface area contributed by atoms with Gasteiger partial charge in [-0.25, -0.2) is 9.18 Å². The molecule has 1 atom stereocenters. The number of halogens is 2. The number of nitrogens with two attached hydrogens (primary N) is 1. The van der Waals surface area contributed by atoms with Crippen LogP contribution < -0.4 is 16.4 Å². The second kappa shape index (κ2) is 6.58. The summed E-state index contributed by atoms with van der Waals surface area (Å²) in [6.45, 7) is 1.98. The number of benzene rings is 2. The van der Waals surface area contributed by atoms with E-state index in [1.807, 2.05) is 19.1 Å². The molecule has 2 aromatic carbocycles. The zero-order chi connectivity index (χ0) is 15.4. The maximum Gasteiger partial charge on any atom is 0.316 e. The van der Waals surface area contributed by atoms with Gasteiger partial charge in [-0.15, -0.1) is 0 Å². The smallest absolute Gasteiger partial charge is 0.316 e. The molecule has 4 nitrogen and oxygen atoms in total. The molecule has 2 aromatic rings. The number of primary amides is 1. The highest BCUT2D eigenvalue weighted by Gasteiger charge is 2.08. The van der Waals surface area contributed by atoms with Crippen LogP contribution in [0, 0.1) is 5.82 Å². The van der Waals surface area contributed by atoms with Crippen LogP contribution >= 0.6 is 15.9 Å². The van der Waals surface area contributed by atoms with Gasteiger partial charge in [0, 0.05) is 17.4 Å². The van der Waals surface area contributed by atoms with Crippen LogP contribution in [0.4, 0.5) is 20.6 Å². The molecule has 0 aliphatic carbocycles. The minimum absolute atomic E-state index is 0.0110. The van der Waals surface area contributed by atoms with E-state index < -0.39 is 6.03 Å². The third kappa shape index (κ3) is 4.19. The summed E-state index contributed by atoms with van der Waals surface area (Å²) in [6, 6.07) is 11.5. The van der Waals surface area contributed by atoms with Gasteiger partial charge in [0.05, 0.1) is 4.47 Å². The Bertz CT molecular complexity index is 646. The lowest BCUT2D eigenvalue weighted by molar-refractivity contribution is 0.259. The summed E-state index contributed by atoms with van der Waals surface area (Å²) in [7, 11) is 0. The molecule has 2 rings (SSSR count). The van der Waals surface area contributed by atoms with E-state index in [0.717, 1.165) is 11.3 Å². The maximum atomic E-state index is 13.2. The molecule has 0 fully saturated rings. The SMILES string of the molecule is CC(Nc1ccc(NC(N)=O)cc1)c1ccc(F)c(Br)c1. The molecule has 1 unspecified atom stereocenters. The van der Waals surface area contributed by atoms with Crippen LogP contribution in [0.2, 0.25) is 0 Å². The van der Waals surface area contributed by atoms with E-state index >= 15 is 0 Å². The Kier molecular flexibility index (Phi) is 4.80. The van der Waals surface area contributed by atoms with E-state index in [9.17, 15) is 9.18 Å². The van der Waals surface area contributed by atoms with Gasteiger partial charge in [0.1, 0.15) is 5.82 Å². The lowest BCUT2D eigenvalue weighted by atomic mass is 10.1. The third-order valence-electron chi connectivity index (χ3n) is 2.98. The minimum Gasteiger partial charge on any atom is -0.379 e. The molecular formula is C15H15BrFN3O. The van der Waals surface area contributed by atoms with Gasteiger partial charge in [0.15, 0.2) is 0 Å². The monoisotopic (exact) mass is 351 g/mol. The first-order valence-corrected chi connectivity index (χ1v) is 7.13. The fourth-order valence-corrected chi connectivity index (χ4v) is 2.30. The number of hydrogen-bond acceptors (Lipinski definition) is 2. The molecule has 0 saturated heterocycles. The topological polar surface area (TPSA) is 67.2 Å². The number of carbonyl (C=O) groups excluding carboxylic acids is 1. The molecule has 2 amide bonds. The van der Waals surface area contributed by atoms with Crippen molar-refractivity contribution in [3.63, 3.8) is 0 Å². The highest BCUT2D eigenvalue weighted by Crippen LogP contribution is 2.24. The molecular weight excluding hydrogens is 337 g/mol. The van der Waals surface area contributed by atoms with Gasteiger partial charge in [0.2, 0.25) is 0 Å². The summed E-state index contributed by atoms with van der Waals surface area (Å²) >= 11 is 3.18. The molecule has 0 aromatic heterocycles. The Morgan fingerprint density at radius 1 is 1.19 bits per heavy atom. The lowest BCUT2D eigenvalue weighted by Crippen LogP contribution is -2.19. The molecule has 0 saturated carbocycles. The van der Waals surface area contributed by atoms with Crippen LogP contribution in [0.15, 0.2) is 46.9 Å². The van der Waals surface area contributed by atoms with Crippen molar-refractivity contribution in [2.75, 3.05) is 10.6 Å². The van der Waals surface area contributed by atoms with Crippen LogP contribution in [0.3, 0.4) is 0 Å². The standard InChI is InChI=1S/C15H15BrFN3O/c1-9(10-2-7-14(17)13(16)8-10)19-11-3-5-12(6-4-11)20-15(18)21/h2-9,19H,1H3,(H3,18,20,21). The van der Waals surface area contributed by atoms with Crippen molar-refractivity contribution in [2.45, 2.75) is 13.0 Å². The Balaban J connectivity index is 2.06. The molecule has 0 heterocycles.